The van der Waals surface area contributed by atoms with Crippen molar-refractivity contribution in [3.8, 4) is 0 Å². The Bertz CT molecular complexity index is 215. The van der Waals surface area contributed by atoms with Gasteiger partial charge in [-0.15, -0.1) is 0 Å². The van der Waals surface area contributed by atoms with E-state index in [-0.39, 0.29) is 15.8 Å². The van der Waals surface area contributed by atoms with Crippen LogP contribution >= 0.6 is 22.6 Å². The van der Waals surface area contributed by atoms with E-state index in [9.17, 15) is 9.82 Å². The smallest absolute Gasteiger partial charge is 0.426 e. The number of carbonyl (C=O) groups excluding carboxylic acids is 1. The first-order chi connectivity index (χ1) is 6.57. The number of nitrogens with zero attached hydrogens (tertiary/aromatic N) is 1. The minimum Gasteiger partial charge on any atom is -0.426 e. The Morgan fingerprint density at radius 2 is 2.43 bits per heavy atom. The molecule has 1 amide bonds. The summed E-state index contributed by atoms with van der Waals surface area (Å²) in [6, 6.07) is 0. The van der Waals surface area contributed by atoms with Gasteiger partial charge in [-0.1, -0.05) is 22.6 Å². The van der Waals surface area contributed by atoms with Crippen LogP contribution in [0.2, 0.25) is 0 Å². The molecule has 0 aliphatic carbocycles. The van der Waals surface area contributed by atoms with Crippen LogP contribution in [0.5, 0.6) is 0 Å². The van der Waals surface area contributed by atoms with E-state index in [1.165, 1.54) is 7.11 Å². The fourth-order valence-corrected chi connectivity index (χ4v) is 2.11. The average molecular weight is 311 g/mol. The summed E-state index contributed by atoms with van der Waals surface area (Å²) in [7, 11) is 0.607. The largest absolute Gasteiger partial charge is 0.478 e. The van der Waals surface area contributed by atoms with Gasteiger partial charge in [-0.25, -0.2) is 0 Å². The maximum Gasteiger partial charge on any atom is 0.478 e. The second kappa shape index (κ2) is 5.32. The molecule has 1 saturated heterocycles. The van der Waals surface area contributed by atoms with E-state index in [2.05, 4.69) is 22.6 Å². The van der Waals surface area contributed by atoms with E-state index < -0.39 is 7.12 Å². The van der Waals surface area contributed by atoms with Crippen LogP contribution in [0.15, 0.2) is 0 Å². The molecule has 0 spiro atoms. The molecular weight excluding hydrogens is 296 g/mol. The van der Waals surface area contributed by atoms with Crippen LogP contribution in [0.25, 0.3) is 0 Å². The third-order valence-electron chi connectivity index (χ3n) is 2.49. The quantitative estimate of drug-likeness (QED) is 0.468. The van der Waals surface area contributed by atoms with Crippen molar-refractivity contribution in [3.63, 3.8) is 0 Å². The number of alkyl halides is 1. The number of rotatable bonds is 3. The van der Waals surface area contributed by atoms with E-state index in [1.54, 1.807) is 4.90 Å². The first-order valence-corrected chi connectivity index (χ1v) is 5.98. The minimum atomic E-state index is -0.850. The predicted molar refractivity (Wildman–Crippen MR) is 63.2 cm³/mol. The summed E-state index contributed by atoms with van der Waals surface area (Å²) in [5.41, 5.74) is 0. The van der Waals surface area contributed by atoms with Crippen LogP contribution in [0, 0.1) is 0 Å². The summed E-state index contributed by atoms with van der Waals surface area (Å²) < 4.78 is 4.81. The first kappa shape index (κ1) is 12.3. The summed E-state index contributed by atoms with van der Waals surface area (Å²) in [4.78, 5) is 13.5. The normalized spacial score (nSPS) is 23.7. The van der Waals surface area contributed by atoms with Crippen molar-refractivity contribution in [3.05, 3.63) is 0 Å². The lowest BCUT2D eigenvalue weighted by Crippen LogP contribution is -2.48. The number of amides is 1. The van der Waals surface area contributed by atoms with Crippen molar-refractivity contribution < 1.29 is 14.5 Å². The molecule has 1 aliphatic heterocycles. The highest BCUT2D eigenvalue weighted by Gasteiger charge is 2.38. The summed E-state index contributed by atoms with van der Waals surface area (Å²) in [6.07, 6.45) is 1.77. The highest BCUT2D eigenvalue weighted by Crippen LogP contribution is 2.21. The standard InChI is InChI=1S/C8H15BINO3/c1-6(10)8(12)11-5-3-4-7(11)9(13)14-2/h6-7,13H,3-5H2,1-2H3/t6-,7-/m0/s1. The van der Waals surface area contributed by atoms with Gasteiger partial charge in [0.05, 0.1) is 9.87 Å². The van der Waals surface area contributed by atoms with Gasteiger partial charge in [-0.05, 0) is 19.8 Å². The molecule has 0 unspecified atom stereocenters. The Morgan fingerprint density at radius 3 is 2.93 bits per heavy atom. The number of halogens is 1. The van der Waals surface area contributed by atoms with Crippen molar-refractivity contribution in [2.24, 2.45) is 0 Å². The average Bonchev–Trinajstić information content (AvgIpc) is 2.63. The van der Waals surface area contributed by atoms with Gasteiger partial charge < -0.3 is 14.6 Å². The molecule has 0 bridgehead atoms. The second-order valence-corrected chi connectivity index (χ2v) is 5.35. The molecule has 0 radical (unpaired) electrons. The van der Waals surface area contributed by atoms with E-state index in [0.29, 0.717) is 0 Å². The van der Waals surface area contributed by atoms with Gasteiger partial charge in [0.25, 0.3) is 0 Å². The maximum atomic E-state index is 11.7. The molecule has 80 valence electrons. The molecule has 0 aromatic heterocycles. The van der Waals surface area contributed by atoms with E-state index >= 15 is 0 Å². The lowest BCUT2D eigenvalue weighted by molar-refractivity contribution is -0.129. The zero-order valence-corrected chi connectivity index (χ0v) is 10.6. The van der Waals surface area contributed by atoms with Gasteiger partial charge in [-0.2, -0.15) is 0 Å². The molecule has 0 aromatic carbocycles. The maximum absolute atomic E-state index is 11.7. The molecule has 1 N–H and O–H groups in total. The van der Waals surface area contributed by atoms with Gasteiger partial charge >= 0.3 is 7.12 Å². The van der Waals surface area contributed by atoms with Crippen molar-refractivity contribution in [2.45, 2.75) is 29.6 Å². The number of carbonyl (C=O) groups is 1. The summed E-state index contributed by atoms with van der Waals surface area (Å²) in [5.74, 6) is -0.0751. The lowest BCUT2D eigenvalue weighted by atomic mass is 9.77. The highest BCUT2D eigenvalue weighted by molar-refractivity contribution is 14.1. The van der Waals surface area contributed by atoms with Crippen LogP contribution in [-0.4, -0.2) is 46.5 Å². The van der Waals surface area contributed by atoms with Crippen LogP contribution in [0.1, 0.15) is 19.8 Å². The molecule has 1 rings (SSSR count). The molecule has 1 aliphatic rings. The third kappa shape index (κ3) is 2.61. The van der Waals surface area contributed by atoms with E-state index in [1.807, 2.05) is 6.92 Å². The van der Waals surface area contributed by atoms with Crippen molar-refractivity contribution in [1.29, 1.82) is 0 Å². The minimum absolute atomic E-state index is 0.0442. The molecule has 2 atom stereocenters. The molecule has 1 fully saturated rings. The third-order valence-corrected chi connectivity index (χ3v) is 3.03. The zero-order chi connectivity index (χ0) is 10.7. The highest BCUT2D eigenvalue weighted by atomic mass is 127. The fraction of sp³-hybridized carbons (Fsp3) is 0.875. The molecule has 0 saturated carbocycles. The van der Waals surface area contributed by atoms with Crippen molar-refractivity contribution in [2.75, 3.05) is 13.7 Å². The number of likely N-dealkylation sites (tertiary alicyclic amines) is 1. The molecule has 14 heavy (non-hydrogen) atoms. The molecule has 6 heteroatoms. The fourth-order valence-electron chi connectivity index (χ4n) is 1.75. The van der Waals surface area contributed by atoms with Gasteiger partial charge in [0, 0.05) is 13.7 Å². The zero-order valence-electron chi connectivity index (χ0n) is 8.44. The van der Waals surface area contributed by atoms with E-state index in [0.717, 1.165) is 19.4 Å². The van der Waals surface area contributed by atoms with Crippen LogP contribution in [-0.2, 0) is 9.45 Å². The summed E-state index contributed by atoms with van der Waals surface area (Å²) in [5, 5.41) is 9.54. The monoisotopic (exact) mass is 311 g/mol. The van der Waals surface area contributed by atoms with Gasteiger partial charge in [0.2, 0.25) is 5.91 Å². The van der Waals surface area contributed by atoms with Gasteiger partial charge in [0.1, 0.15) is 0 Å². The van der Waals surface area contributed by atoms with Crippen LogP contribution < -0.4 is 0 Å². The molecule has 1 heterocycles. The first-order valence-electron chi connectivity index (χ1n) is 4.73. The molecule has 0 aromatic rings. The SMILES string of the molecule is COB(O)[C@@H]1CCCN1C(=O)[C@H](C)I. The number of hydrogen-bond donors (Lipinski definition) is 1. The Balaban J connectivity index is 2.63. The molecule has 4 nitrogen and oxygen atoms in total. The Hall–Kier alpha value is 0.185. The lowest BCUT2D eigenvalue weighted by Gasteiger charge is -2.26. The van der Waals surface area contributed by atoms with Crippen LogP contribution in [0.4, 0.5) is 0 Å². The topological polar surface area (TPSA) is 49.8 Å². The van der Waals surface area contributed by atoms with Gasteiger partial charge in [-0.3, -0.25) is 4.79 Å². The van der Waals surface area contributed by atoms with Gasteiger partial charge in [0.15, 0.2) is 0 Å². The van der Waals surface area contributed by atoms with Crippen molar-refractivity contribution in [1.82, 2.24) is 4.90 Å². The summed E-state index contributed by atoms with van der Waals surface area (Å²) >= 11 is 2.09. The Morgan fingerprint density at radius 1 is 1.79 bits per heavy atom. The second-order valence-electron chi connectivity index (χ2n) is 3.48. The Labute approximate surface area is 98.3 Å². The molecular formula is C8H15BINO3. The van der Waals surface area contributed by atoms with Crippen molar-refractivity contribution >= 4 is 35.6 Å². The predicted octanol–water partition coefficient (Wildman–Crippen LogP) is 0.467. The van der Waals surface area contributed by atoms with Crippen LogP contribution in [0.3, 0.4) is 0 Å². The Kier molecular flexibility index (Phi) is 4.66. The number of hydrogen-bond acceptors (Lipinski definition) is 3. The van der Waals surface area contributed by atoms with E-state index in [4.69, 9.17) is 4.65 Å². The summed E-state index contributed by atoms with van der Waals surface area (Å²) in [6.45, 7) is 2.59.